The van der Waals surface area contributed by atoms with Gasteiger partial charge in [0.2, 0.25) is 0 Å². The smallest absolute Gasteiger partial charge is 0.476 e. The molecule has 0 aromatic carbocycles. The molecule has 0 N–H and O–H groups in total. The zero-order chi connectivity index (χ0) is 13.9. The standard InChI is InChI=1S/C14H10ClN4O/c15-11-12(18-7-3-1-4-8-18)16-14(17-13(11)20)19-9-5-2-6-10-19/h1-10H/q+1. The minimum Gasteiger partial charge on any atom is -0.844 e. The van der Waals surface area contributed by atoms with Crippen LogP contribution in [0, 0.1) is 0 Å². The highest BCUT2D eigenvalue weighted by atomic mass is 35.5. The minimum absolute atomic E-state index is 0.00137. The first kappa shape index (κ1) is 12.5. The summed E-state index contributed by atoms with van der Waals surface area (Å²) < 4.78 is 3.34. The fourth-order valence-electron chi connectivity index (χ4n) is 1.76. The van der Waals surface area contributed by atoms with E-state index in [1.165, 1.54) is 0 Å². The third-order valence-corrected chi connectivity index (χ3v) is 3.03. The summed E-state index contributed by atoms with van der Waals surface area (Å²) >= 11 is 6.02. The summed E-state index contributed by atoms with van der Waals surface area (Å²) in [6.07, 6.45) is 7.07. The Balaban J connectivity index is 2.19. The fourth-order valence-corrected chi connectivity index (χ4v) is 1.94. The summed E-state index contributed by atoms with van der Waals surface area (Å²) in [6.45, 7) is 0. The van der Waals surface area contributed by atoms with Crippen molar-refractivity contribution in [2.45, 2.75) is 0 Å². The molecule has 0 saturated carbocycles. The fraction of sp³-hybridized carbons (Fsp3) is 0. The van der Waals surface area contributed by atoms with E-state index in [-0.39, 0.29) is 11.0 Å². The van der Waals surface area contributed by atoms with Gasteiger partial charge < -0.3 is 5.11 Å². The van der Waals surface area contributed by atoms with Gasteiger partial charge in [0, 0.05) is 4.98 Å². The second-order valence-electron chi connectivity index (χ2n) is 4.03. The Morgan fingerprint density at radius 2 is 1.35 bits per heavy atom. The number of aromatic nitrogens is 4. The highest BCUT2D eigenvalue weighted by Crippen LogP contribution is 2.21. The average molecular weight is 286 g/mol. The molecule has 0 fully saturated rings. The lowest BCUT2D eigenvalue weighted by molar-refractivity contribution is -0.614. The summed E-state index contributed by atoms with van der Waals surface area (Å²) in [5.74, 6) is 0.143. The van der Waals surface area contributed by atoms with Gasteiger partial charge in [0.25, 0.3) is 0 Å². The molecule has 0 atom stereocenters. The Morgan fingerprint density at radius 3 is 1.95 bits per heavy atom. The van der Waals surface area contributed by atoms with E-state index in [0.717, 1.165) is 0 Å². The van der Waals surface area contributed by atoms with E-state index < -0.39 is 5.88 Å². The predicted molar refractivity (Wildman–Crippen MR) is 69.6 cm³/mol. The van der Waals surface area contributed by atoms with Crippen molar-refractivity contribution >= 4 is 11.6 Å². The van der Waals surface area contributed by atoms with E-state index in [1.807, 2.05) is 36.4 Å². The highest BCUT2D eigenvalue weighted by Gasteiger charge is 2.23. The molecule has 0 bridgehead atoms. The van der Waals surface area contributed by atoms with Crippen molar-refractivity contribution in [1.82, 2.24) is 9.97 Å². The van der Waals surface area contributed by atoms with Crippen LogP contribution in [-0.4, -0.2) is 9.97 Å². The molecule has 20 heavy (non-hydrogen) atoms. The molecule has 0 saturated heterocycles. The number of hydrogen-bond acceptors (Lipinski definition) is 3. The van der Waals surface area contributed by atoms with Gasteiger partial charge in [-0.1, -0.05) is 28.7 Å². The third-order valence-electron chi connectivity index (χ3n) is 2.70. The molecule has 0 spiro atoms. The van der Waals surface area contributed by atoms with Crippen molar-refractivity contribution in [2.75, 3.05) is 0 Å². The van der Waals surface area contributed by atoms with Crippen LogP contribution in [0.1, 0.15) is 0 Å². The van der Waals surface area contributed by atoms with Crippen LogP contribution in [0.5, 0.6) is 5.88 Å². The Hall–Kier alpha value is -2.53. The second-order valence-corrected chi connectivity index (χ2v) is 4.41. The molecule has 3 heterocycles. The minimum atomic E-state index is -0.501. The van der Waals surface area contributed by atoms with Crippen molar-refractivity contribution in [3.05, 3.63) is 66.2 Å². The zero-order valence-electron chi connectivity index (χ0n) is 10.3. The molecule has 3 rings (SSSR count). The molecule has 0 aliphatic rings. The Bertz CT molecular complexity index is 735. The van der Waals surface area contributed by atoms with Crippen molar-refractivity contribution in [3.8, 4) is 17.6 Å². The maximum absolute atomic E-state index is 11.9. The van der Waals surface area contributed by atoms with Gasteiger partial charge in [-0.2, -0.15) is 4.57 Å². The van der Waals surface area contributed by atoms with E-state index in [0.29, 0.717) is 5.82 Å². The van der Waals surface area contributed by atoms with Crippen molar-refractivity contribution < 1.29 is 14.2 Å². The Morgan fingerprint density at radius 1 is 0.800 bits per heavy atom. The number of halogens is 1. The lowest BCUT2D eigenvalue weighted by Crippen LogP contribution is -2.37. The molecule has 5 nitrogen and oxygen atoms in total. The average Bonchev–Trinajstić information content (AvgIpc) is 2.51. The number of nitrogens with zero attached hydrogens (tertiary/aromatic N) is 4. The second kappa shape index (κ2) is 5.22. The van der Waals surface area contributed by atoms with Gasteiger partial charge in [0.1, 0.15) is 5.88 Å². The first-order chi connectivity index (χ1) is 9.75. The van der Waals surface area contributed by atoms with Crippen molar-refractivity contribution in [3.63, 3.8) is 0 Å². The van der Waals surface area contributed by atoms with Gasteiger partial charge >= 0.3 is 11.8 Å². The summed E-state index contributed by atoms with van der Waals surface area (Å²) in [5, 5.41) is 11.9. The number of pyridine rings is 2. The molecular formula is C14H10ClN4O+. The Labute approximate surface area is 120 Å². The zero-order valence-corrected chi connectivity index (χ0v) is 11.1. The van der Waals surface area contributed by atoms with Crippen LogP contribution >= 0.6 is 11.6 Å². The van der Waals surface area contributed by atoms with E-state index in [9.17, 15) is 5.11 Å². The van der Waals surface area contributed by atoms with Crippen LogP contribution in [0.3, 0.4) is 0 Å². The lowest BCUT2D eigenvalue weighted by Gasteiger charge is -2.04. The number of rotatable bonds is 2. The summed E-state index contributed by atoms with van der Waals surface area (Å²) in [5.41, 5.74) is 0. The van der Waals surface area contributed by atoms with Crippen molar-refractivity contribution in [2.24, 2.45) is 0 Å². The molecule has 98 valence electrons. The molecule has 0 aliphatic carbocycles. The molecule has 0 radical (unpaired) electrons. The Kier molecular flexibility index (Phi) is 3.26. The first-order valence-electron chi connectivity index (χ1n) is 5.93. The molecule has 0 unspecified atom stereocenters. The van der Waals surface area contributed by atoms with E-state index in [1.54, 1.807) is 33.9 Å². The molecule has 3 aromatic rings. The van der Waals surface area contributed by atoms with Crippen LogP contribution in [0.4, 0.5) is 0 Å². The highest BCUT2D eigenvalue weighted by molar-refractivity contribution is 6.33. The van der Waals surface area contributed by atoms with Crippen LogP contribution in [0.25, 0.3) is 11.8 Å². The molecule has 0 aliphatic heterocycles. The molecular weight excluding hydrogens is 276 g/mol. The quantitative estimate of drug-likeness (QED) is 0.653. The van der Waals surface area contributed by atoms with Gasteiger partial charge in [0.05, 0.1) is 24.8 Å². The predicted octanol–water partition coefficient (Wildman–Crippen LogP) is 0.757. The van der Waals surface area contributed by atoms with Crippen LogP contribution < -0.4 is 14.2 Å². The monoisotopic (exact) mass is 285 g/mol. The third kappa shape index (κ3) is 2.31. The van der Waals surface area contributed by atoms with Gasteiger partial charge in [0.15, 0.2) is 5.02 Å². The van der Waals surface area contributed by atoms with Crippen LogP contribution in [0.15, 0.2) is 61.2 Å². The number of hydrogen-bond donors (Lipinski definition) is 0. The lowest BCUT2D eigenvalue weighted by atomic mass is 10.4. The maximum Gasteiger partial charge on any atom is 0.476 e. The summed E-state index contributed by atoms with van der Waals surface area (Å²) in [6, 6.07) is 11.1. The van der Waals surface area contributed by atoms with Gasteiger partial charge in [-0.15, -0.1) is 0 Å². The van der Waals surface area contributed by atoms with E-state index >= 15 is 0 Å². The maximum atomic E-state index is 11.9. The first-order valence-corrected chi connectivity index (χ1v) is 6.31. The van der Waals surface area contributed by atoms with Crippen LogP contribution in [-0.2, 0) is 0 Å². The summed E-state index contributed by atoms with van der Waals surface area (Å²) in [7, 11) is 0. The van der Waals surface area contributed by atoms with Crippen molar-refractivity contribution in [1.29, 1.82) is 0 Å². The van der Waals surface area contributed by atoms with Crippen LogP contribution in [0.2, 0.25) is 5.02 Å². The van der Waals surface area contributed by atoms with Gasteiger partial charge in [-0.3, -0.25) is 0 Å². The normalized spacial score (nSPS) is 10.4. The molecule has 6 heteroatoms. The topological polar surface area (TPSA) is 56.6 Å². The van der Waals surface area contributed by atoms with Gasteiger partial charge in [-0.05, 0) is 24.3 Å². The molecule has 0 amide bonds. The van der Waals surface area contributed by atoms with E-state index in [4.69, 9.17) is 11.6 Å². The SMILES string of the molecule is [O-]c1nc(-[n+]2ccccc2)nc(-[n+]2ccccc2)c1Cl. The molecule has 3 aromatic heterocycles. The largest absolute Gasteiger partial charge is 0.844 e. The summed E-state index contributed by atoms with van der Waals surface area (Å²) in [4.78, 5) is 8.24. The van der Waals surface area contributed by atoms with E-state index in [2.05, 4.69) is 9.97 Å². The van der Waals surface area contributed by atoms with Gasteiger partial charge in [-0.25, -0.2) is 4.57 Å².